The second-order valence-corrected chi connectivity index (χ2v) is 6.83. The molecule has 1 aliphatic heterocycles. The standard InChI is InChI=1S/C15H26N2O4/c1-5-14(6-2,12(19)20)17-11(18)15(16)9-7-8-21-10(9)13(15,3)4/h9-10H,5-8,16H2,1-4H3,(H,17,18)(H,19,20). The molecule has 2 fully saturated rings. The summed E-state index contributed by atoms with van der Waals surface area (Å²) in [4.78, 5) is 24.3. The zero-order chi connectivity index (χ0) is 16.1. The van der Waals surface area contributed by atoms with E-state index in [1.54, 1.807) is 13.8 Å². The third-order valence-corrected chi connectivity index (χ3v) is 5.80. The number of nitrogens with two attached hydrogens (primary N) is 1. The number of ether oxygens (including phenoxy) is 1. The first-order valence-corrected chi connectivity index (χ1v) is 7.64. The van der Waals surface area contributed by atoms with Crippen LogP contribution in [0.15, 0.2) is 0 Å². The van der Waals surface area contributed by atoms with Crippen molar-refractivity contribution in [2.45, 2.75) is 64.1 Å². The van der Waals surface area contributed by atoms with Crippen LogP contribution in [0.2, 0.25) is 0 Å². The summed E-state index contributed by atoms with van der Waals surface area (Å²) < 4.78 is 5.67. The van der Waals surface area contributed by atoms with Gasteiger partial charge in [0.2, 0.25) is 5.91 Å². The largest absolute Gasteiger partial charge is 0.480 e. The summed E-state index contributed by atoms with van der Waals surface area (Å²) in [5, 5.41) is 12.2. The van der Waals surface area contributed by atoms with E-state index < -0.39 is 22.5 Å². The first kappa shape index (κ1) is 16.2. The molecule has 3 unspecified atom stereocenters. The van der Waals surface area contributed by atoms with E-state index in [-0.39, 0.29) is 17.9 Å². The molecule has 1 amide bonds. The molecule has 2 rings (SSSR count). The molecule has 4 N–H and O–H groups in total. The van der Waals surface area contributed by atoms with E-state index >= 15 is 0 Å². The van der Waals surface area contributed by atoms with Gasteiger partial charge in [-0.3, -0.25) is 4.79 Å². The van der Waals surface area contributed by atoms with Gasteiger partial charge in [0.1, 0.15) is 11.1 Å². The van der Waals surface area contributed by atoms with Gasteiger partial charge in [-0.05, 0) is 19.3 Å². The van der Waals surface area contributed by atoms with Gasteiger partial charge in [-0.1, -0.05) is 27.7 Å². The van der Waals surface area contributed by atoms with Crippen LogP contribution in [0.1, 0.15) is 47.0 Å². The minimum absolute atomic E-state index is 0.0178. The number of nitrogens with one attached hydrogen (secondary N) is 1. The van der Waals surface area contributed by atoms with Crippen LogP contribution in [0.3, 0.4) is 0 Å². The summed E-state index contributed by atoms with van der Waals surface area (Å²) in [6.45, 7) is 7.96. The second-order valence-electron chi connectivity index (χ2n) is 6.83. The van der Waals surface area contributed by atoms with E-state index in [1.165, 1.54) is 0 Å². The third-order valence-electron chi connectivity index (χ3n) is 5.80. The Hall–Kier alpha value is -1.14. The van der Waals surface area contributed by atoms with Crippen LogP contribution in [0.5, 0.6) is 0 Å². The van der Waals surface area contributed by atoms with E-state index in [2.05, 4.69) is 5.32 Å². The van der Waals surface area contributed by atoms with E-state index in [4.69, 9.17) is 10.5 Å². The number of carbonyl (C=O) groups is 2. The monoisotopic (exact) mass is 298 g/mol. The van der Waals surface area contributed by atoms with Crippen LogP contribution < -0.4 is 11.1 Å². The van der Waals surface area contributed by atoms with Crippen LogP contribution in [0.4, 0.5) is 0 Å². The first-order valence-electron chi connectivity index (χ1n) is 7.64. The number of hydrogen-bond acceptors (Lipinski definition) is 4. The summed E-state index contributed by atoms with van der Waals surface area (Å²) >= 11 is 0. The maximum atomic E-state index is 12.8. The van der Waals surface area contributed by atoms with Crippen molar-refractivity contribution < 1.29 is 19.4 Å². The quantitative estimate of drug-likeness (QED) is 0.699. The fraction of sp³-hybridized carbons (Fsp3) is 0.867. The van der Waals surface area contributed by atoms with Crippen molar-refractivity contribution in [2.24, 2.45) is 17.1 Å². The van der Waals surface area contributed by atoms with Gasteiger partial charge in [0.25, 0.3) is 0 Å². The van der Waals surface area contributed by atoms with E-state index in [1.807, 2.05) is 13.8 Å². The molecule has 6 nitrogen and oxygen atoms in total. The molecular formula is C15H26N2O4. The Labute approximate surface area is 125 Å². The van der Waals surface area contributed by atoms with Crippen molar-refractivity contribution in [3.05, 3.63) is 0 Å². The number of aliphatic carboxylic acids is 1. The average Bonchev–Trinajstić information content (AvgIpc) is 2.91. The number of fused-ring (bicyclic) bond motifs is 1. The zero-order valence-electron chi connectivity index (χ0n) is 13.2. The Bertz CT molecular complexity index is 459. The molecular weight excluding hydrogens is 272 g/mol. The van der Waals surface area contributed by atoms with Gasteiger partial charge in [-0.15, -0.1) is 0 Å². The lowest BCUT2D eigenvalue weighted by molar-refractivity contribution is -0.178. The Morgan fingerprint density at radius 3 is 2.43 bits per heavy atom. The van der Waals surface area contributed by atoms with Gasteiger partial charge in [-0.25, -0.2) is 4.79 Å². The lowest BCUT2D eigenvalue weighted by atomic mass is 9.47. The molecule has 1 aliphatic carbocycles. The molecule has 1 saturated carbocycles. The highest BCUT2D eigenvalue weighted by Gasteiger charge is 2.71. The molecule has 0 radical (unpaired) electrons. The first-order chi connectivity index (χ1) is 9.67. The Kier molecular flexibility index (Phi) is 3.83. The minimum Gasteiger partial charge on any atom is -0.480 e. The van der Waals surface area contributed by atoms with E-state index in [0.29, 0.717) is 19.4 Å². The van der Waals surface area contributed by atoms with E-state index in [0.717, 1.165) is 6.42 Å². The molecule has 0 spiro atoms. The SMILES string of the molecule is CCC(CC)(NC(=O)C1(N)C2CCOC2C1(C)C)C(=O)O. The lowest BCUT2D eigenvalue weighted by Crippen LogP contribution is -2.81. The fourth-order valence-electron chi connectivity index (χ4n) is 3.95. The van der Waals surface area contributed by atoms with Crippen molar-refractivity contribution in [3.8, 4) is 0 Å². The molecule has 0 bridgehead atoms. The van der Waals surface area contributed by atoms with Crippen molar-refractivity contribution in [2.75, 3.05) is 6.61 Å². The molecule has 21 heavy (non-hydrogen) atoms. The van der Waals surface area contributed by atoms with Crippen LogP contribution in [0, 0.1) is 11.3 Å². The number of carbonyl (C=O) groups excluding carboxylic acids is 1. The molecule has 1 heterocycles. The summed E-state index contributed by atoms with van der Waals surface area (Å²) in [5.41, 5.74) is 3.63. The number of rotatable bonds is 5. The summed E-state index contributed by atoms with van der Waals surface area (Å²) in [6.07, 6.45) is 1.38. The summed E-state index contributed by atoms with van der Waals surface area (Å²) in [6, 6.07) is 0. The van der Waals surface area contributed by atoms with Crippen LogP contribution in [-0.4, -0.2) is 40.8 Å². The molecule has 2 aliphatic rings. The highest BCUT2D eigenvalue weighted by molar-refractivity contribution is 5.94. The molecule has 120 valence electrons. The third kappa shape index (κ3) is 1.92. The smallest absolute Gasteiger partial charge is 0.329 e. The fourth-order valence-corrected chi connectivity index (χ4v) is 3.95. The van der Waals surface area contributed by atoms with Crippen molar-refractivity contribution >= 4 is 11.9 Å². The zero-order valence-corrected chi connectivity index (χ0v) is 13.2. The minimum atomic E-state index is -1.25. The lowest BCUT2D eigenvalue weighted by Gasteiger charge is -2.61. The van der Waals surface area contributed by atoms with Crippen LogP contribution in [-0.2, 0) is 14.3 Å². The molecule has 3 atom stereocenters. The molecule has 0 aromatic heterocycles. The topological polar surface area (TPSA) is 102 Å². The van der Waals surface area contributed by atoms with Crippen molar-refractivity contribution in [1.82, 2.24) is 5.32 Å². The number of amides is 1. The molecule has 0 aromatic rings. The highest BCUT2D eigenvalue weighted by Crippen LogP contribution is 2.58. The maximum Gasteiger partial charge on any atom is 0.329 e. The van der Waals surface area contributed by atoms with Gasteiger partial charge in [0.15, 0.2) is 0 Å². The summed E-state index contributed by atoms with van der Waals surface area (Å²) in [5.74, 6) is -1.42. The predicted octanol–water partition coefficient (Wildman–Crippen LogP) is 0.888. The normalized spacial score (nSPS) is 34.0. The van der Waals surface area contributed by atoms with Crippen molar-refractivity contribution in [1.29, 1.82) is 0 Å². The molecule has 0 aromatic carbocycles. The Morgan fingerprint density at radius 1 is 1.38 bits per heavy atom. The highest BCUT2D eigenvalue weighted by atomic mass is 16.5. The number of hydrogen-bond donors (Lipinski definition) is 3. The predicted molar refractivity (Wildman–Crippen MR) is 77.6 cm³/mol. The number of carboxylic acid groups (broad SMARTS) is 1. The maximum absolute atomic E-state index is 12.8. The Morgan fingerprint density at radius 2 is 1.95 bits per heavy atom. The molecule has 1 saturated heterocycles. The summed E-state index contributed by atoms with van der Waals surface area (Å²) in [7, 11) is 0. The van der Waals surface area contributed by atoms with Gasteiger partial charge in [0.05, 0.1) is 6.10 Å². The van der Waals surface area contributed by atoms with Crippen molar-refractivity contribution in [3.63, 3.8) is 0 Å². The van der Waals surface area contributed by atoms with Gasteiger partial charge < -0.3 is 20.9 Å². The average molecular weight is 298 g/mol. The van der Waals surface area contributed by atoms with Gasteiger partial charge >= 0.3 is 5.97 Å². The number of carboxylic acids is 1. The van der Waals surface area contributed by atoms with E-state index in [9.17, 15) is 14.7 Å². The second kappa shape index (κ2) is 4.95. The van der Waals surface area contributed by atoms with Gasteiger partial charge in [0, 0.05) is 17.9 Å². The Balaban J connectivity index is 2.25. The molecule has 6 heteroatoms. The van der Waals surface area contributed by atoms with Crippen LogP contribution in [0.25, 0.3) is 0 Å². The van der Waals surface area contributed by atoms with Crippen LogP contribution >= 0.6 is 0 Å². The van der Waals surface area contributed by atoms with Gasteiger partial charge in [-0.2, -0.15) is 0 Å².